The minimum absolute atomic E-state index is 0.00909. The molecule has 0 saturated carbocycles. The molecule has 2 heterocycles. The van der Waals surface area contributed by atoms with Crippen LogP contribution in [0.2, 0.25) is 0 Å². The highest BCUT2D eigenvalue weighted by atomic mass is 32.2. The lowest BCUT2D eigenvalue weighted by atomic mass is 9.79. The average Bonchev–Trinajstić information content (AvgIpc) is 2.97. The minimum atomic E-state index is -0.949. The number of carboxylic acids is 1. The summed E-state index contributed by atoms with van der Waals surface area (Å²) in [6, 6.07) is 3.32. The van der Waals surface area contributed by atoms with E-state index in [1.54, 1.807) is 12.1 Å². The van der Waals surface area contributed by atoms with Crippen molar-refractivity contribution in [1.82, 2.24) is 0 Å². The molecule has 0 radical (unpaired) electrons. The zero-order valence-electron chi connectivity index (χ0n) is 14.4. The van der Waals surface area contributed by atoms with E-state index in [0.717, 1.165) is 10.3 Å². The highest BCUT2D eigenvalue weighted by molar-refractivity contribution is 8.13. The van der Waals surface area contributed by atoms with Crippen LogP contribution in [0.25, 0.3) is 6.08 Å². The first-order valence-corrected chi connectivity index (χ1v) is 9.34. The Bertz CT molecular complexity index is 662. The maximum Gasteiger partial charge on any atom is 0.491 e. The molecule has 1 aromatic rings. The van der Waals surface area contributed by atoms with Crippen molar-refractivity contribution < 1.29 is 24.0 Å². The van der Waals surface area contributed by atoms with Gasteiger partial charge in [0.2, 0.25) is 0 Å². The topological polar surface area (TPSA) is 72.8 Å². The molecular formula is C16H21BO5S2. The molecule has 2 rings (SSSR count). The minimum Gasteiger partial charge on any atom is -0.477 e. The van der Waals surface area contributed by atoms with Crippen LogP contribution >= 0.6 is 23.1 Å². The Hall–Kier alpha value is -1.09. The summed E-state index contributed by atoms with van der Waals surface area (Å²) in [5, 5.41) is 9.06. The summed E-state index contributed by atoms with van der Waals surface area (Å²) in [5.41, 5.74) is -0.133. The van der Waals surface area contributed by atoms with Crippen molar-refractivity contribution in [3.05, 3.63) is 27.4 Å². The lowest BCUT2D eigenvalue weighted by Crippen LogP contribution is -2.41. The predicted octanol–water partition coefficient (Wildman–Crippen LogP) is 3.74. The zero-order valence-corrected chi connectivity index (χ0v) is 16.0. The summed E-state index contributed by atoms with van der Waals surface area (Å²) in [5.74, 6) is -0.512. The van der Waals surface area contributed by atoms with E-state index in [1.165, 1.54) is 30.0 Å². The lowest BCUT2D eigenvalue weighted by molar-refractivity contribution is -0.109. The van der Waals surface area contributed by atoms with Gasteiger partial charge in [-0.2, -0.15) is 0 Å². The molecule has 0 aliphatic carbocycles. The molecule has 24 heavy (non-hydrogen) atoms. The highest BCUT2D eigenvalue weighted by Gasteiger charge is 2.52. The third kappa shape index (κ3) is 4.30. The van der Waals surface area contributed by atoms with Crippen LogP contribution in [0.15, 0.2) is 17.6 Å². The van der Waals surface area contributed by atoms with Gasteiger partial charge in [-0.1, -0.05) is 11.8 Å². The number of carboxylic acid groups (broad SMARTS) is 1. The van der Waals surface area contributed by atoms with Gasteiger partial charge >= 0.3 is 13.1 Å². The highest BCUT2D eigenvalue weighted by Crippen LogP contribution is 2.39. The van der Waals surface area contributed by atoms with E-state index in [2.05, 4.69) is 0 Å². The van der Waals surface area contributed by atoms with E-state index >= 15 is 0 Å². The van der Waals surface area contributed by atoms with Crippen LogP contribution in [-0.4, -0.2) is 40.3 Å². The van der Waals surface area contributed by atoms with Gasteiger partial charge in [0.1, 0.15) is 4.88 Å². The van der Waals surface area contributed by atoms with Gasteiger partial charge in [0, 0.05) is 17.6 Å². The van der Waals surface area contributed by atoms with E-state index in [0.29, 0.717) is 5.75 Å². The molecular weight excluding hydrogens is 347 g/mol. The van der Waals surface area contributed by atoms with Crippen LogP contribution in [0.5, 0.6) is 0 Å². The van der Waals surface area contributed by atoms with Gasteiger partial charge in [-0.15, -0.1) is 11.3 Å². The molecule has 0 bridgehead atoms. The van der Waals surface area contributed by atoms with Crippen molar-refractivity contribution in [3.63, 3.8) is 0 Å². The Labute approximate surface area is 150 Å². The van der Waals surface area contributed by atoms with Crippen LogP contribution in [0.4, 0.5) is 0 Å². The number of rotatable bonds is 5. The van der Waals surface area contributed by atoms with Crippen LogP contribution < -0.4 is 0 Å². The van der Waals surface area contributed by atoms with Crippen molar-refractivity contribution in [2.45, 2.75) is 45.8 Å². The van der Waals surface area contributed by atoms with Gasteiger partial charge in [-0.25, -0.2) is 4.79 Å². The molecule has 1 aromatic heterocycles. The van der Waals surface area contributed by atoms with Crippen LogP contribution in [-0.2, 0) is 14.1 Å². The molecule has 0 amide bonds. The normalized spacial score (nSPS) is 19.5. The fourth-order valence-corrected chi connectivity index (χ4v) is 3.50. The average molecular weight is 368 g/mol. The third-order valence-corrected chi connectivity index (χ3v) is 6.07. The Balaban J connectivity index is 2.29. The van der Waals surface area contributed by atoms with Crippen molar-refractivity contribution in [2.75, 3.05) is 5.75 Å². The van der Waals surface area contributed by atoms with Gasteiger partial charge < -0.3 is 14.4 Å². The molecule has 1 aliphatic heterocycles. The second-order valence-electron chi connectivity index (χ2n) is 6.59. The number of hydrogen-bond donors (Lipinski definition) is 1. The molecule has 1 aliphatic rings. The van der Waals surface area contributed by atoms with Crippen LogP contribution in [0, 0.1) is 0 Å². The number of hydrogen-bond acceptors (Lipinski definition) is 6. The number of aromatic carboxylic acids is 1. The fraction of sp³-hybridized carbons (Fsp3) is 0.500. The summed E-state index contributed by atoms with van der Waals surface area (Å²) in [6.07, 6.45) is 1.86. The number of thiophene rings is 1. The fourth-order valence-electron chi connectivity index (χ4n) is 2.09. The molecule has 1 saturated heterocycles. The molecule has 5 nitrogen and oxygen atoms in total. The largest absolute Gasteiger partial charge is 0.491 e. The first kappa shape index (κ1) is 19.2. The summed E-state index contributed by atoms with van der Waals surface area (Å²) in [6.45, 7) is 9.39. The summed E-state index contributed by atoms with van der Waals surface area (Å²) in [7, 11) is -0.558. The first-order chi connectivity index (χ1) is 11.0. The maximum atomic E-state index is 11.3. The maximum absolute atomic E-state index is 11.3. The van der Waals surface area contributed by atoms with E-state index in [1.807, 2.05) is 33.8 Å². The second kappa shape index (κ2) is 7.03. The van der Waals surface area contributed by atoms with Crippen LogP contribution in [0.1, 0.15) is 49.2 Å². The molecule has 1 fully saturated rings. The van der Waals surface area contributed by atoms with Crippen LogP contribution in [0.3, 0.4) is 0 Å². The standard InChI is InChI=1S/C16H21BO5S2/c1-10(18)23-9-11(8-12-6-7-13(24-12)14(19)20)17-21-15(2,3)16(4,5)22-17/h6-8H,9H2,1-5H3,(H,19,20). The van der Waals surface area contributed by atoms with Gasteiger partial charge in [0.05, 0.1) is 11.2 Å². The Morgan fingerprint density at radius 3 is 2.29 bits per heavy atom. The molecule has 0 aromatic carbocycles. The molecule has 8 heteroatoms. The van der Waals surface area contributed by atoms with Gasteiger partial charge in [-0.3, -0.25) is 4.79 Å². The second-order valence-corrected chi connectivity index (χ2v) is 8.86. The van der Waals surface area contributed by atoms with Crippen molar-refractivity contribution >= 4 is 47.4 Å². The lowest BCUT2D eigenvalue weighted by Gasteiger charge is -2.32. The van der Waals surface area contributed by atoms with E-state index in [4.69, 9.17) is 14.4 Å². The molecule has 130 valence electrons. The van der Waals surface area contributed by atoms with Crippen molar-refractivity contribution in [1.29, 1.82) is 0 Å². The first-order valence-electron chi connectivity index (χ1n) is 7.54. The molecule has 0 atom stereocenters. The predicted molar refractivity (Wildman–Crippen MR) is 98.5 cm³/mol. The monoisotopic (exact) mass is 368 g/mol. The molecule has 0 spiro atoms. The van der Waals surface area contributed by atoms with Crippen molar-refractivity contribution in [3.8, 4) is 0 Å². The van der Waals surface area contributed by atoms with Crippen molar-refractivity contribution in [2.24, 2.45) is 0 Å². The van der Waals surface area contributed by atoms with E-state index in [9.17, 15) is 9.59 Å². The third-order valence-electron chi connectivity index (χ3n) is 4.16. The Morgan fingerprint density at radius 2 is 1.83 bits per heavy atom. The molecule has 1 N–H and O–H groups in total. The zero-order chi connectivity index (χ0) is 18.1. The number of thioether (sulfide) groups is 1. The summed E-state index contributed by atoms with van der Waals surface area (Å²) < 4.78 is 12.1. The number of carbonyl (C=O) groups is 2. The van der Waals surface area contributed by atoms with E-state index < -0.39 is 24.3 Å². The van der Waals surface area contributed by atoms with E-state index in [-0.39, 0.29) is 9.99 Å². The Kier molecular flexibility index (Phi) is 5.64. The van der Waals surface area contributed by atoms with Gasteiger partial charge in [0.25, 0.3) is 0 Å². The quantitative estimate of drug-likeness (QED) is 0.799. The summed E-state index contributed by atoms with van der Waals surface area (Å²) in [4.78, 5) is 23.4. The van der Waals surface area contributed by atoms with Gasteiger partial charge in [0.15, 0.2) is 5.12 Å². The SMILES string of the molecule is CC(=O)SCC(=Cc1ccc(C(=O)O)s1)B1OC(C)(C)C(C)(C)O1. The van der Waals surface area contributed by atoms with Gasteiger partial charge in [-0.05, 0) is 51.4 Å². The number of carbonyl (C=O) groups excluding carboxylic acids is 1. The summed E-state index contributed by atoms with van der Waals surface area (Å²) >= 11 is 2.36. The molecule has 0 unspecified atom stereocenters. The smallest absolute Gasteiger partial charge is 0.477 e. The Morgan fingerprint density at radius 1 is 1.25 bits per heavy atom.